The highest BCUT2D eigenvalue weighted by atomic mass is 19.1. The second kappa shape index (κ2) is 11.0. The van der Waals surface area contributed by atoms with Crippen LogP contribution in [0.25, 0.3) is 10.9 Å². The van der Waals surface area contributed by atoms with E-state index in [-0.39, 0.29) is 6.61 Å². The summed E-state index contributed by atoms with van der Waals surface area (Å²) in [6, 6.07) is 17.2. The van der Waals surface area contributed by atoms with Crippen LogP contribution in [-0.4, -0.2) is 36.4 Å². The van der Waals surface area contributed by atoms with Crippen LogP contribution in [0, 0.1) is 11.2 Å². The van der Waals surface area contributed by atoms with E-state index in [1.165, 1.54) is 24.3 Å². The first-order chi connectivity index (χ1) is 19.3. The summed E-state index contributed by atoms with van der Waals surface area (Å²) < 4.78 is 24.4. The first-order valence-corrected chi connectivity index (χ1v) is 12.8. The number of carbonyl (C=O) groups is 3. The molecular weight excluding hydrogens is 515 g/mol. The number of benzene rings is 3. The van der Waals surface area contributed by atoms with E-state index in [2.05, 4.69) is 20.9 Å². The smallest absolute Gasteiger partial charge is 0.340 e. The quantitative estimate of drug-likeness (QED) is 0.182. The maximum Gasteiger partial charge on any atom is 0.340 e. The van der Waals surface area contributed by atoms with Crippen LogP contribution in [0.15, 0.2) is 72.9 Å². The maximum atomic E-state index is 13.2. The number of nitrogens with zero attached hydrogens (tertiary/aromatic N) is 1. The Balaban J connectivity index is 1.29. The van der Waals surface area contributed by atoms with Gasteiger partial charge in [-0.1, -0.05) is 0 Å². The molecule has 0 saturated heterocycles. The molecule has 40 heavy (non-hydrogen) atoms. The monoisotopic (exact) mass is 542 g/mol. The van der Waals surface area contributed by atoms with E-state index < -0.39 is 29.0 Å². The van der Waals surface area contributed by atoms with E-state index in [9.17, 15) is 18.8 Å². The molecule has 10 heteroatoms. The molecule has 5 rings (SSSR count). The normalized spacial score (nSPS) is 13.3. The minimum absolute atomic E-state index is 0.249. The van der Waals surface area contributed by atoms with Gasteiger partial charge in [0.1, 0.15) is 22.7 Å². The lowest BCUT2D eigenvalue weighted by Crippen LogP contribution is -2.35. The minimum Gasteiger partial charge on any atom is -0.462 e. The Labute approximate surface area is 229 Å². The zero-order chi connectivity index (χ0) is 28.3. The average Bonchev–Trinajstić information content (AvgIpc) is 3.77. The largest absolute Gasteiger partial charge is 0.462 e. The molecule has 0 aliphatic heterocycles. The Morgan fingerprint density at radius 2 is 1.55 bits per heavy atom. The van der Waals surface area contributed by atoms with Crippen molar-refractivity contribution in [2.45, 2.75) is 19.8 Å². The van der Waals surface area contributed by atoms with Crippen LogP contribution in [-0.2, 0) is 14.3 Å². The standard InChI is InChI=1S/C30H27FN4O5/c1-3-39-27(36)23-16-22-25(17-24(23)32-2)33-15-12-26(22)40-21-10-8-20(9-11-21)35-29(38)30(13-14-30)28(37)34-19-6-4-18(31)5-7-19/h4-12,15-17,32H,3,13-14H2,1-2H3,(H,34,37)(H,35,38). The van der Waals surface area contributed by atoms with E-state index in [1.807, 2.05) is 0 Å². The molecule has 1 aromatic heterocycles. The first-order valence-electron chi connectivity index (χ1n) is 12.8. The zero-order valence-corrected chi connectivity index (χ0v) is 21.9. The van der Waals surface area contributed by atoms with Gasteiger partial charge in [0.15, 0.2) is 0 Å². The van der Waals surface area contributed by atoms with Gasteiger partial charge in [0.2, 0.25) is 11.8 Å². The third-order valence-corrected chi connectivity index (χ3v) is 6.67. The van der Waals surface area contributed by atoms with Gasteiger partial charge in [0.05, 0.1) is 23.4 Å². The molecule has 1 heterocycles. The molecule has 1 saturated carbocycles. The molecule has 0 unspecified atom stereocenters. The molecule has 3 N–H and O–H groups in total. The van der Waals surface area contributed by atoms with E-state index in [1.54, 1.807) is 62.6 Å². The third kappa shape index (κ3) is 5.42. The number of fused-ring (bicyclic) bond motifs is 1. The number of ether oxygens (including phenoxy) is 2. The van der Waals surface area contributed by atoms with Crippen molar-refractivity contribution in [2.24, 2.45) is 5.41 Å². The zero-order valence-electron chi connectivity index (χ0n) is 21.9. The van der Waals surface area contributed by atoms with Crippen molar-refractivity contribution >= 4 is 45.7 Å². The van der Waals surface area contributed by atoms with Crippen molar-refractivity contribution in [1.82, 2.24) is 4.98 Å². The molecule has 0 spiro atoms. The SMILES string of the molecule is CCOC(=O)c1cc2c(Oc3ccc(NC(=O)C4(C(=O)Nc5ccc(F)cc5)CC4)cc3)ccnc2cc1NC. The van der Waals surface area contributed by atoms with Crippen LogP contribution in [0.1, 0.15) is 30.1 Å². The number of carbonyl (C=O) groups excluding carboxylic acids is 3. The second-order valence-corrected chi connectivity index (χ2v) is 9.32. The number of aromatic nitrogens is 1. The van der Waals surface area contributed by atoms with Crippen LogP contribution < -0.4 is 20.7 Å². The Bertz CT molecular complexity index is 1580. The molecule has 1 aliphatic carbocycles. The van der Waals surface area contributed by atoms with Gasteiger partial charge in [-0.2, -0.15) is 0 Å². The van der Waals surface area contributed by atoms with Crippen LogP contribution in [0.2, 0.25) is 0 Å². The molecule has 9 nitrogen and oxygen atoms in total. The fraction of sp³-hybridized carbons (Fsp3) is 0.200. The molecule has 4 aromatic rings. The second-order valence-electron chi connectivity index (χ2n) is 9.32. The summed E-state index contributed by atoms with van der Waals surface area (Å²) in [6.45, 7) is 1.99. The minimum atomic E-state index is -1.16. The summed E-state index contributed by atoms with van der Waals surface area (Å²) >= 11 is 0. The van der Waals surface area contributed by atoms with Crippen LogP contribution in [0.4, 0.5) is 21.5 Å². The number of amides is 2. The molecule has 2 amide bonds. The van der Waals surface area contributed by atoms with Crippen LogP contribution >= 0.6 is 0 Å². The Kier molecular flexibility index (Phi) is 7.33. The lowest BCUT2D eigenvalue weighted by atomic mass is 10.0. The topological polar surface area (TPSA) is 119 Å². The number of nitrogens with one attached hydrogen (secondary N) is 3. The number of rotatable bonds is 9. The highest BCUT2D eigenvalue weighted by Gasteiger charge is 2.56. The van der Waals surface area contributed by atoms with Gasteiger partial charge in [-0.05, 0) is 86.5 Å². The number of anilines is 3. The lowest BCUT2D eigenvalue weighted by Gasteiger charge is -2.16. The molecule has 204 valence electrons. The summed E-state index contributed by atoms with van der Waals surface area (Å²) in [6.07, 6.45) is 2.46. The van der Waals surface area contributed by atoms with Crippen LogP contribution in [0.5, 0.6) is 11.5 Å². The summed E-state index contributed by atoms with van der Waals surface area (Å²) in [5, 5.41) is 9.12. The van der Waals surface area contributed by atoms with Crippen molar-refractivity contribution in [3.05, 3.63) is 84.3 Å². The number of hydrogen-bond acceptors (Lipinski definition) is 7. The summed E-state index contributed by atoms with van der Waals surface area (Å²) in [7, 11) is 1.72. The lowest BCUT2D eigenvalue weighted by molar-refractivity contribution is -0.131. The maximum absolute atomic E-state index is 13.2. The number of pyridine rings is 1. The Morgan fingerprint density at radius 1 is 0.925 bits per heavy atom. The number of esters is 1. The van der Waals surface area contributed by atoms with Gasteiger partial charge in [0.25, 0.3) is 0 Å². The van der Waals surface area contributed by atoms with E-state index in [4.69, 9.17) is 9.47 Å². The fourth-order valence-electron chi connectivity index (χ4n) is 4.29. The van der Waals surface area contributed by atoms with Gasteiger partial charge in [0, 0.05) is 30.0 Å². The van der Waals surface area contributed by atoms with Gasteiger partial charge in [-0.15, -0.1) is 0 Å². The fourth-order valence-corrected chi connectivity index (χ4v) is 4.29. The molecule has 1 aliphatic rings. The van der Waals surface area contributed by atoms with Gasteiger partial charge < -0.3 is 25.4 Å². The van der Waals surface area contributed by atoms with Crippen molar-refractivity contribution < 1.29 is 28.2 Å². The summed E-state index contributed by atoms with van der Waals surface area (Å²) in [5.74, 6) is -0.716. The van der Waals surface area contributed by atoms with Gasteiger partial charge >= 0.3 is 5.97 Å². The van der Waals surface area contributed by atoms with Gasteiger partial charge in [-0.25, -0.2) is 9.18 Å². The van der Waals surface area contributed by atoms with Crippen molar-refractivity contribution in [2.75, 3.05) is 29.6 Å². The third-order valence-electron chi connectivity index (χ3n) is 6.67. The highest BCUT2D eigenvalue weighted by Crippen LogP contribution is 2.47. The van der Waals surface area contributed by atoms with E-state index in [0.29, 0.717) is 57.9 Å². The predicted octanol–water partition coefficient (Wildman–Crippen LogP) is 5.74. The van der Waals surface area contributed by atoms with E-state index in [0.717, 1.165) is 0 Å². The molecule has 1 fully saturated rings. The van der Waals surface area contributed by atoms with Gasteiger partial charge in [-0.3, -0.25) is 14.6 Å². The first kappa shape index (κ1) is 26.6. The predicted molar refractivity (Wildman–Crippen MR) is 149 cm³/mol. The summed E-state index contributed by atoms with van der Waals surface area (Å²) in [4.78, 5) is 42.7. The molecule has 0 atom stereocenters. The average molecular weight is 543 g/mol. The number of halogens is 1. The Hall–Kier alpha value is -4.99. The Morgan fingerprint density at radius 3 is 2.12 bits per heavy atom. The number of hydrogen-bond donors (Lipinski definition) is 3. The van der Waals surface area contributed by atoms with Crippen LogP contribution in [0.3, 0.4) is 0 Å². The molecular formula is C30H27FN4O5. The van der Waals surface area contributed by atoms with E-state index >= 15 is 0 Å². The molecule has 0 radical (unpaired) electrons. The van der Waals surface area contributed by atoms with Crippen molar-refractivity contribution in [1.29, 1.82) is 0 Å². The molecule has 3 aromatic carbocycles. The van der Waals surface area contributed by atoms with Crippen molar-refractivity contribution in [3.63, 3.8) is 0 Å². The summed E-state index contributed by atoms with van der Waals surface area (Å²) in [5.41, 5.74) is 1.35. The van der Waals surface area contributed by atoms with Crippen molar-refractivity contribution in [3.8, 4) is 11.5 Å². The molecule has 0 bridgehead atoms. The highest BCUT2D eigenvalue weighted by molar-refractivity contribution is 6.17.